The number of hydrogen-bond acceptors (Lipinski definition) is 2. The quantitative estimate of drug-likeness (QED) is 0.572. The molecule has 1 saturated heterocycles. The van der Waals surface area contributed by atoms with Crippen molar-refractivity contribution in [3.05, 3.63) is 0 Å². The summed E-state index contributed by atoms with van der Waals surface area (Å²) >= 11 is 0. The Morgan fingerprint density at radius 1 is 1.19 bits per heavy atom. The zero-order valence-corrected chi connectivity index (χ0v) is 12.6. The van der Waals surface area contributed by atoms with E-state index in [-0.39, 0.29) is 0 Å². The highest BCUT2D eigenvalue weighted by Gasteiger charge is 2.36. The van der Waals surface area contributed by atoms with Gasteiger partial charge in [0.25, 0.3) is 0 Å². The molecule has 0 amide bonds. The Hall–Kier alpha value is 0.137. The molecule has 0 bridgehead atoms. The van der Waals surface area contributed by atoms with Crippen LogP contribution in [0.1, 0.15) is 26.2 Å². The largest absolute Gasteiger partial charge is 0.381 e. The lowest BCUT2D eigenvalue weighted by molar-refractivity contribution is 0.0236. The highest BCUT2D eigenvalue weighted by Crippen LogP contribution is 2.38. The molecule has 3 heteroatoms. The van der Waals surface area contributed by atoms with Gasteiger partial charge in [0.05, 0.1) is 0 Å². The minimum Gasteiger partial charge on any atom is -0.381 e. The molecule has 16 heavy (non-hydrogen) atoms. The molecule has 0 radical (unpaired) electrons. The normalized spacial score (nSPS) is 21.0. The second-order valence-electron chi connectivity index (χ2n) is 6.53. The second kappa shape index (κ2) is 6.17. The maximum absolute atomic E-state index is 5.53. The van der Waals surface area contributed by atoms with Gasteiger partial charge in [-0.1, -0.05) is 32.6 Å². The molecule has 1 fully saturated rings. The smallest absolute Gasteiger partial charge is 0.0471 e. The van der Waals surface area contributed by atoms with Crippen molar-refractivity contribution in [2.45, 2.75) is 51.9 Å². The highest BCUT2D eigenvalue weighted by atomic mass is 28.3. The Kier molecular flexibility index (Phi) is 5.48. The van der Waals surface area contributed by atoms with Crippen LogP contribution in [-0.4, -0.2) is 34.4 Å². The third-order valence-electron chi connectivity index (χ3n) is 3.39. The molecule has 2 nitrogen and oxygen atoms in total. The van der Waals surface area contributed by atoms with E-state index in [9.17, 15) is 0 Å². The van der Waals surface area contributed by atoms with Crippen LogP contribution in [0.15, 0.2) is 0 Å². The van der Waals surface area contributed by atoms with Crippen molar-refractivity contribution in [1.29, 1.82) is 0 Å². The average molecular weight is 243 g/mol. The fourth-order valence-corrected chi connectivity index (χ4v) is 5.60. The summed E-state index contributed by atoms with van der Waals surface area (Å²) in [7, 11) is -0.973. The van der Waals surface area contributed by atoms with Gasteiger partial charge in [-0.15, -0.1) is 0 Å². The maximum atomic E-state index is 5.53. The number of hydrogen-bond donors (Lipinski definition) is 1. The molecule has 1 rings (SSSR count). The van der Waals surface area contributed by atoms with Crippen molar-refractivity contribution in [3.8, 4) is 0 Å². The molecular formula is C13H29NOSi. The van der Waals surface area contributed by atoms with Crippen molar-refractivity contribution in [1.82, 2.24) is 5.32 Å². The van der Waals surface area contributed by atoms with Gasteiger partial charge in [0, 0.05) is 27.8 Å². The summed E-state index contributed by atoms with van der Waals surface area (Å²) in [4.78, 5) is 0. The van der Waals surface area contributed by atoms with Crippen LogP contribution in [0.4, 0.5) is 0 Å². The standard InChI is InChI=1S/C13H29NOSi/c1-5-8-14-11-13(12-16(2,3)4)6-9-15-10-7-13/h14H,5-12H2,1-4H3. The molecule has 0 saturated carbocycles. The summed E-state index contributed by atoms with van der Waals surface area (Å²) in [6, 6.07) is 1.44. The molecule has 0 aromatic heterocycles. The summed E-state index contributed by atoms with van der Waals surface area (Å²) in [5.41, 5.74) is 0.540. The van der Waals surface area contributed by atoms with Crippen LogP contribution in [0.2, 0.25) is 25.7 Å². The van der Waals surface area contributed by atoms with E-state index in [2.05, 4.69) is 31.9 Å². The molecule has 0 aromatic rings. The lowest BCUT2D eigenvalue weighted by Gasteiger charge is -2.41. The van der Waals surface area contributed by atoms with E-state index in [1.807, 2.05) is 0 Å². The van der Waals surface area contributed by atoms with Gasteiger partial charge in [0.1, 0.15) is 0 Å². The molecule has 1 aliphatic heterocycles. The van der Waals surface area contributed by atoms with Gasteiger partial charge in [0.2, 0.25) is 0 Å². The summed E-state index contributed by atoms with van der Waals surface area (Å²) in [5, 5.41) is 3.63. The van der Waals surface area contributed by atoms with Gasteiger partial charge in [0.15, 0.2) is 0 Å². The molecule has 0 spiro atoms. The minimum absolute atomic E-state index is 0.540. The Morgan fingerprint density at radius 2 is 1.81 bits per heavy atom. The Labute approximate surface area is 102 Å². The van der Waals surface area contributed by atoms with Crippen LogP contribution in [-0.2, 0) is 4.74 Å². The van der Waals surface area contributed by atoms with Gasteiger partial charge in [-0.05, 0) is 31.2 Å². The Bertz CT molecular complexity index is 195. The van der Waals surface area contributed by atoms with E-state index in [4.69, 9.17) is 4.74 Å². The molecule has 1 N–H and O–H groups in total. The molecule has 0 unspecified atom stereocenters. The average Bonchev–Trinajstić information content (AvgIpc) is 2.16. The fraction of sp³-hybridized carbons (Fsp3) is 1.00. The minimum atomic E-state index is -0.973. The van der Waals surface area contributed by atoms with Crippen LogP contribution < -0.4 is 5.32 Å². The predicted molar refractivity (Wildman–Crippen MR) is 73.8 cm³/mol. The Morgan fingerprint density at radius 3 is 2.31 bits per heavy atom. The van der Waals surface area contributed by atoms with Crippen molar-refractivity contribution >= 4 is 8.07 Å². The molecule has 0 aliphatic carbocycles. The number of ether oxygens (including phenoxy) is 1. The summed E-state index contributed by atoms with van der Waals surface area (Å²) in [6.45, 7) is 14.0. The van der Waals surface area contributed by atoms with Crippen LogP contribution >= 0.6 is 0 Å². The lowest BCUT2D eigenvalue weighted by Crippen LogP contribution is -2.44. The topological polar surface area (TPSA) is 21.3 Å². The van der Waals surface area contributed by atoms with E-state index >= 15 is 0 Å². The van der Waals surface area contributed by atoms with Gasteiger partial charge >= 0.3 is 0 Å². The van der Waals surface area contributed by atoms with Gasteiger partial charge < -0.3 is 10.1 Å². The zero-order valence-electron chi connectivity index (χ0n) is 11.6. The molecule has 0 atom stereocenters. The van der Waals surface area contributed by atoms with E-state index in [1.54, 1.807) is 0 Å². The zero-order chi connectivity index (χ0) is 12.1. The maximum Gasteiger partial charge on any atom is 0.0471 e. The predicted octanol–water partition coefficient (Wildman–Crippen LogP) is 3.12. The van der Waals surface area contributed by atoms with Gasteiger partial charge in [-0.3, -0.25) is 0 Å². The van der Waals surface area contributed by atoms with E-state index < -0.39 is 8.07 Å². The molecule has 1 aliphatic rings. The first kappa shape index (κ1) is 14.2. The molecule has 96 valence electrons. The van der Waals surface area contributed by atoms with Crippen LogP contribution in [0.25, 0.3) is 0 Å². The van der Waals surface area contributed by atoms with Crippen LogP contribution in [0, 0.1) is 5.41 Å². The second-order valence-corrected chi connectivity index (χ2v) is 12.0. The number of rotatable bonds is 6. The van der Waals surface area contributed by atoms with Crippen molar-refractivity contribution in [2.24, 2.45) is 5.41 Å². The molecule has 1 heterocycles. The summed E-state index contributed by atoms with van der Waals surface area (Å²) < 4.78 is 5.53. The van der Waals surface area contributed by atoms with Gasteiger partial charge in [-0.2, -0.15) is 0 Å². The van der Waals surface area contributed by atoms with Crippen molar-refractivity contribution in [2.75, 3.05) is 26.3 Å². The van der Waals surface area contributed by atoms with E-state index in [0.29, 0.717) is 5.41 Å². The summed E-state index contributed by atoms with van der Waals surface area (Å²) in [6.07, 6.45) is 3.75. The van der Waals surface area contributed by atoms with Gasteiger partial charge in [-0.25, -0.2) is 0 Å². The first-order valence-corrected chi connectivity index (χ1v) is 10.5. The summed E-state index contributed by atoms with van der Waals surface area (Å²) in [5.74, 6) is 0. The molecular weight excluding hydrogens is 214 g/mol. The van der Waals surface area contributed by atoms with Crippen LogP contribution in [0.5, 0.6) is 0 Å². The first-order chi connectivity index (χ1) is 7.47. The lowest BCUT2D eigenvalue weighted by atomic mass is 9.82. The number of nitrogens with one attached hydrogen (secondary N) is 1. The first-order valence-electron chi connectivity index (χ1n) is 6.76. The highest BCUT2D eigenvalue weighted by molar-refractivity contribution is 6.76. The monoisotopic (exact) mass is 243 g/mol. The van der Waals surface area contributed by atoms with Crippen molar-refractivity contribution in [3.63, 3.8) is 0 Å². The third kappa shape index (κ3) is 4.98. The van der Waals surface area contributed by atoms with E-state index in [0.717, 1.165) is 19.8 Å². The Balaban J connectivity index is 2.53. The molecule has 0 aromatic carbocycles. The third-order valence-corrected chi connectivity index (χ3v) is 5.20. The van der Waals surface area contributed by atoms with Crippen molar-refractivity contribution < 1.29 is 4.74 Å². The van der Waals surface area contributed by atoms with Crippen LogP contribution in [0.3, 0.4) is 0 Å². The SMILES string of the molecule is CCCNCC1(C[Si](C)(C)C)CCOCC1. The van der Waals surface area contributed by atoms with E-state index in [1.165, 1.54) is 31.9 Å². The fourth-order valence-electron chi connectivity index (χ4n) is 2.88.